The minimum atomic E-state index is -4.99. The van der Waals surface area contributed by atoms with Crippen molar-refractivity contribution in [2.75, 3.05) is 14.2 Å². The van der Waals surface area contributed by atoms with Crippen molar-refractivity contribution >= 4 is 17.6 Å². The van der Waals surface area contributed by atoms with Gasteiger partial charge >= 0.3 is 12.3 Å². The third-order valence-corrected chi connectivity index (χ3v) is 2.31. The highest BCUT2D eigenvalue weighted by Gasteiger charge is 2.35. The Hall–Kier alpha value is -1.70. The minimum Gasteiger partial charge on any atom is -0.481 e. The molecule has 0 aliphatic rings. The van der Waals surface area contributed by atoms with E-state index in [0.29, 0.717) is 0 Å². The van der Waals surface area contributed by atoms with Gasteiger partial charge in [-0.1, -0.05) is 0 Å². The van der Waals surface area contributed by atoms with Crippen molar-refractivity contribution in [1.29, 1.82) is 0 Å². The third kappa shape index (κ3) is 3.63. The first-order valence-electron chi connectivity index (χ1n) is 4.80. The molecule has 0 N–H and O–H groups in total. The molecule has 0 aliphatic heterocycles. The first kappa shape index (κ1) is 15.4. The minimum absolute atomic E-state index is 0.165. The summed E-state index contributed by atoms with van der Waals surface area (Å²) in [6.07, 6.45) is -4.13. The van der Waals surface area contributed by atoms with Crippen LogP contribution in [0.1, 0.15) is 15.9 Å². The highest BCUT2D eigenvalue weighted by atomic mass is 35.5. The van der Waals surface area contributed by atoms with E-state index in [1.54, 1.807) is 0 Å². The molecule has 1 aromatic heterocycles. The number of hydrogen-bond acceptors (Lipinski definition) is 5. The topological polar surface area (TPSA) is 57.7 Å². The van der Waals surface area contributed by atoms with Crippen LogP contribution in [0.3, 0.4) is 0 Å². The van der Waals surface area contributed by atoms with Crippen molar-refractivity contribution < 1.29 is 32.2 Å². The van der Waals surface area contributed by atoms with E-state index in [1.807, 2.05) is 0 Å². The number of aromatic nitrogens is 1. The lowest BCUT2D eigenvalue weighted by atomic mass is 10.2. The van der Waals surface area contributed by atoms with Crippen LogP contribution >= 0.6 is 11.6 Å². The van der Waals surface area contributed by atoms with Crippen LogP contribution in [-0.2, 0) is 10.6 Å². The average Bonchev–Trinajstić information content (AvgIpc) is 2.35. The Morgan fingerprint density at radius 1 is 1.42 bits per heavy atom. The van der Waals surface area contributed by atoms with Crippen molar-refractivity contribution in [2.45, 2.75) is 12.2 Å². The van der Waals surface area contributed by atoms with Gasteiger partial charge in [-0.2, -0.15) is 0 Å². The van der Waals surface area contributed by atoms with Crippen LogP contribution in [0.5, 0.6) is 11.6 Å². The van der Waals surface area contributed by atoms with Gasteiger partial charge in [-0.3, -0.25) is 0 Å². The Bertz CT molecular complexity index is 479. The molecule has 0 atom stereocenters. The van der Waals surface area contributed by atoms with E-state index in [1.165, 1.54) is 7.11 Å². The van der Waals surface area contributed by atoms with Crippen LogP contribution in [0, 0.1) is 0 Å². The molecule has 0 saturated heterocycles. The second-order valence-electron chi connectivity index (χ2n) is 3.16. The molecule has 19 heavy (non-hydrogen) atoms. The molecule has 0 amide bonds. The van der Waals surface area contributed by atoms with Crippen LogP contribution in [0.2, 0.25) is 0 Å². The number of nitrogens with zero attached hydrogens (tertiary/aromatic N) is 1. The molecule has 106 valence electrons. The number of halogens is 4. The summed E-state index contributed by atoms with van der Waals surface area (Å²) in [6, 6.07) is 0. The van der Waals surface area contributed by atoms with Crippen molar-refractivity contribution in [3.63, 3.8) is 0 Å². The molecule has 9 heteroatoms. The fourth-order valence-corrected chi connectivity index (χ4v) is 1.54. The summed E-state index contributed by atoms with van der Waals surface area (Å²) in [5.74, 6) is -2.35. The first-order valence-corrected chi connectivity index (χ1v) is 5.33. The predicted molar refractivity (Wildman–Crippen MR) is 58.4 cm³/mol. The molecule has 1 rings (SSSR count). The van der Waals surface area contributed by atoms with Crippen LogP contribution in [0.4, 0.5) is 13.2 Å². The van der Waals surface area contributed by atoms with Crippen molar-refractivity contribution in [3.05, 3.63) is 17.3 Å². The van der Waals surface area contributed by atoms with Crippen molar-refractivity contribution in [1.82, 2.24) is 4.98 Å². The van der Waals surface area contributed by atoms with E-state index in [0.717, 1.165) is 13.3 Å². The second-order valence-corrected chi connectivity index (χ2v) is 3.43. The quantitative estimate of drug-likeness (QED) is 0.631. The molecule has 0 aliphatic carbocycles. The van der Waals surface area contributed by atoms with Gasteiger partial charge < -0.3 is 14.2 Å². The predicted octanol–water partition coefficient (Wildman–Crippen LogP) is 2.51. The molecular weight excluding hydrogens is 291 g/mol. The van der Waals surface area contributed by atoms with Crippen LogP contribution in [0.25, 0.3) is 0 Å². The Kier molecular flexibility index (Phi) is 4.82. The Morgan fingerprint density at radius 2 is 2.05 bits per heavy atom. The number of esters is 1. The summed E-state index contributed by atoms with van der Waals surface area (Å²) >= 11 is 5.55. The Morgan fingerprint density at radius 3 is 2.47 bits per heavy atom. The fourth-order valence-electron chi connectivity index (χ4n) is 1.30. The van der Waals surface area contributed by atoms with Gasteiger partial charge in [0.05, 0.1) is 25.7 Å². The molecule has 5 nitrogen and oxygen atoms in total. The molecule has 0 saturated carbocycles. The molecule has 1 heterocycles. The van der Waals surface area contributed by atoms with Crippen molar-refractivity contribution in [3.8, 4) is 11.6 Å². The normalized spacial score (nSPS) is 11.1. The Labute approximate surface area is 111 Å². The highest BCUT2D eigenvalue weighted by Crippen LogP contribution is 2.35. The van der Waals surface area contributed by atoms with Gasteiger partial charge in [-0.05, 0) is 0 Å². The third-order valence-electron chi connectivity index (χ3n) is 2.04. The zero-order chi connectivity index (χ0) is 14.6. The molecule has 0 unspecified atom stereocenters. The smallest absolute Gasteiger partial charge is 0.481 e. The first-order chi connectivity index (χ1) is 8.84. The number of hydrogen-bond donors (Lipinski definition) is 0. The number of methoxy groups -OCH3 is 2. The average molecular weight is 300 g/mol. The lowest BCUT2D eigenvalue weighted by molar-refractivity contribution is -0.275. The summed E-state index contributed by atoms with van der Waals surface area (Å²) < 4.78 is 50.0. The van der Waals surface area contributed by atoms with E-state index in [4.69, 9.17) is 16.3 Å². The van der Waals surface area contributed by atoms with Gasteiger partial charge in [0.25, 0.3) is 0 Å². The van der Waals surface area contributed by atoms with Crippen LogP contribution in [0.15, 0.2) is 6.20 Å². The molecule has 0 bridgehead atoms. The maximum atomic E-state index is 12.4. The van der Waals surface area contributed by atoms with E-state index in [-0.39, 0.29) is 17.3 Å². The SMILES string of the molecule is COC(=O)c1cnc(OC)c(CCl)c1OC(F)(F)F. The fraction of sp³-hybridized carbons (Fsp3) is 0.400. The van der Waals surface area contributed by atoms with E-state index in [9.17, 15) is 18.0 Å². The lowest BCUT2D eigenvalue weighted by Gasteiger charge is -2.16. The molecule has 0 fully saturated rings. The maximum Gasteiger partial charge on any atom is 0.573 e. The molecule has 1 aromatic rings. The zero-order valence-electron chi connectivity index (χ0n) is 9.88. The molecular formula is C10H9ClF3NO4. The van der Waals surface area contributed by atoms with Crippen LogP contribution in [-0.4, -0.2) is 31.5 Å². The number of pyridine rings is 1. The number of alkyl halides is 4. The monoisotopic (exact) mass is 299 g/mol. The Balaban J connectivity index is 3.44. The van der Waals surface area contributed by atoms with Crippen LogP contribution < -0.4 is 9.47 Å². The summed E-state index contributed by atoms with van der Waals surface area (Å²) in [5.41, 5.74) is -0.680. The van der Waals surface area contributed by atoms with E-state index < -0.39 is 23.6 Å². The molecule has 0 aromatic carbocycles. The van der Waals surface area contributed by atoms with Gasteiger partial charge in [0.2, 0.25) is 5.88 Å². The van der Waals surface area contributed by atoms with Gasteiger partial charge in [0.1, 0.15) is 5.56 Å². The number of carbonyl (C=O) groups excluding carboxylic acids is 1. The standard InChI is InChI=1S/C10H9ClF3NO4/c1-17-8-5(3-11)7(19-10(12,13)14)6(4-15-8)9(16)18-2/h4H,3H2,1-2H3. The maximum absolute atomic E-state index is 12.4. The van der Waals surface area contributed by atoms with Gasteiger partial charge in [-0.15, -0.1) is 24.8 Å². The number of ether oxygens (including phenoxy) is 3. The summed E-state index contributed by atoms with van der Waals surface area (Å²) in [5, 5.41) is 0. The van der Waals surface area contributed by atoms with E-state index >= 15 is 0 Å². The van der Waals surface area contributed by atoms with Gasteiger partial charge in [0.15, 0.2) is 5.75 Å². The van der Waals surface area contributed by atoms with Gasteiger partial charge in [0, 0.05) is 6.20 Å². The molecule has 0 spiro atoms. The highest BCUT2D eigenvalue weighted by molar-refractivity contribution is 6.17. The van der Waals surface area contributed by atoms with E-state index in [2.05, 4.69) is 14.5 Å². The largest absolute Gasteiger partial charge is 0.573 e. The molecule has 0 radical (unpaired) electrons. The van der Waals surface area contributed by atoms with Crippen molar-refractivity contribution in [2.24, 2.45) is 0 Å². The number of carbonyl (C=O) groups is 1. The van der Waals surface area contributed by atoms with Gasteiger partial charge in [-0.25, -0.2) is 9.78 Å². The summed E-state index contributed by atoms with van der Waals surface area (Å²) in [7, 11) is 2.22. The number of rotatable bonds is 4. The lowest BCUT2D eigenvalue weighted by Crippen LogP contribution is -2.21. The zero-order valence-corrected chi connectivity index (χ0v) is 10.6. The summed E-state index contributed by atoms with van der Waals surface area (Å²) in [4.78, 5) is 15.1. The summed E-state index contributed by atoms with van der Waals surface area (Å²) in [6.45, 7) is 0. The second kappa shape index (κ2) is 5.96.